The average molecular weight is 414 g/mol. The van der Waals surface area contributed by atoms with Gasteiger partial charge in [-0.3, -0.25) is 14.9 Å². The molecule has 1 unspecified atom stereocenters. The third-order valence-corrected chi connectivity index (χ3v) is 5.67. The van der Waals surface area contributed by atoms with Gasteiger partial charge in [0.05, 0.1) is 29.4 Å². The van der Waals surface area contributed by atoms with Crippen LogP contribution < -0.4 is 10.1 Å². The number of para-hydroxylation sites is 2. The molecular formula is C25H27N5O. The predicted molar refractivity (Wildman–Crippen MR) is 126 cm³/mol. The summed E-state index contributed by atoms with van der Waals surface area (Å²) in [7, 11) is 0. The predicted octanol–water partition coefficient (Wildman–Crippen LogP) is 4.38. The average Bonchev–Trinajstić information content (AvgIpc) is 3.18. The van der Waals surface area contributed by atoms with Crippen LogP contribution >= 0.6 is 0 Å². The van der Waals surface area contributed by atoms with Gasteiger partial charge in [-0.05, 0) is 32.0 Å². The van der Waals surface area contributed by atoms with E-state index in [1.807, 2.05) is 30.5 Å². The monoisotopic (exact) mass is 413 g/mol. The summed E-state index contributed by atoms with van der Waals surface area (Å²) in [5.41, 5.74) is 4.37. The number of nitrogens with zero attached hydrogens (tertiary/aromatic N) is 4. The van der Waals surface area contributed by atoms with E-state index in [4.69, 9.17) is 9.73 Å². The highest BCUT2D eigenvalue weighted by molar-refractivity contribution is 6.15. The first kappa shape index (κ1) is 19.7. The topological polar surface area (TPSA) is 62.1 Å². The molecule has 0 saturated carbocycles. The van der Waals surface area contributed by atoms with Gasteiger partial charge >= 0.3 is 0 Å². The Balaban J connectivity index is 1.30. The lowest BCUT2D eigenvalue weighted by Gasteiger charge is -2.21. The quantitative estimate of drug-likeness (QED) is 0.674. The number of likely N-dealkylation sites (tertiary alicyclic amines) is 1. The summed E-state index contributed by atoms with van der Waals surface area (Å²) in [6.45, 7) is 7.19. The fraction of sp³-hybridized carbons (Fsp3) is 0.320. The summed E-state index contributed by atoms with van der Waals surface area (Å²) in [5.74, 6) is 2.14. The smallest absolute Gasteiger partial charge is 0.131 e. The van der Waals surface area contributed by atoms with Crippen LogP contribution in [-0.4, -0.2) is 47.3 Å². The van der Waals surface area contributed by atoms with E-state index in [1.165, 1.54) is 11.3 Å². The van der Waals surface area contributed by atoms with E-state index in [0.717, 1.165) is 47.8 Å². The Morgan fingerprint density at radius 1 is 1.10 bits per heavy atom. The Hall–Kier alpha value is -3.25. The third-order valence-electron chi connectivity index (χ3n) is 5.67. The molecular weight excluding hydrogens is 386 g/mol. The maximum atomic E-state index is 6.01. The Kier molecular flexibility index (Phi) is 5.38. The molecule has 31 heavy (non-hydrogen) atoms. The Morgan fingerprint density at radius 2 is 1.94 bits per heavy atom. The molecule has 0 radical (unpaired) electrons. The van der Waals surface area contributed by atoms with Gasteiger partial charge in [-0.1, -0.05) is 36.4 Å². The van der Waals surface area contributed by atoms with Gasteiger partial charge in [-0.2, -0.15) is 0 Å². The van der Waals surface area contributed by atoms with Crippen LogP contribution in [0.3, 0.4) is 0 Å². The first-order valence-electron chi connectivity index (χ1n) is 10.8. The Labute approximate surface area is 182 Å². The highest BCUT2D eigenvalue weighted by Crippen LogP contribution is 2.26. The van der Waals surface area contributed by atoms with Crippen LogP contribution in [0.2, 0.25) is 0 Å². The third kappa shape index (κ3) is 4.30. The molecule has 3 heterocycles. The van der Waals surface area contributed by atoms with E-state index >= 15 is 0 Å². The molecule has 1 saturated heterocycles. The van der Waals surface area contributed by atoms with Gasteiger partial charge in [-0.25, -0.2) is 4.99 Å². The van der Waals surface area contributed by atoms with Gasteiger partial charge in [0.2, 0.25) is 0 Å². The van der Waals surface area contributed by atoms with Gasteiger partial charge < -0.3 is 10.1 Å². The van der Waals surface area contributed by atoms with E-state index in [9.17, 15) is 0 Å². The minimum absolute atomic E-state index is 0.158. The minimum atomic E-state index is 0.158. The fourth-order valence-corrected chi connectivity index (χ4v) is 4.26. The molecule has 6 nitrogen and oxygen atoms in total. The van der Waals surface area contributed by atoms with Crippen molar-refractivity contribution in [1.82, 2.24) is 9.88 Å². The first-order valence-corrected chi connectivity index (χ1v) is 10.8. The van der Waals surface area contributed by atoms with Gasteiger partial charge in [0.25, 0.3) is 0 Å². The second-order valence-electron chi connectivity index (χ2n) is 8.37. The van der Waals surface area contributed by atoms with Gasteiger partial charge in [0, 0.05) is 36.3 Å². The van der Waals surface area contributed by atoms with Crippen molar-refractivity contribution in [3.63, 3.8) is 0 Å². The number of nitrogens with one attached hydrogen (secondary N) is 1. The maximum absolute atomic E-state index is 6.01. The normalized spacial score (nSPS) is 18.6. The van der Waals surface area contributed by atoms with Crippen LogP contribution in [0.4, 0.5) is 5.69 Å². The lowest BCUT2D eigenvalue weighted by molar-refractivity contribution is 0.234. The summed E-state index contributed by atoms with van der Waals surface area (Å²) >= 11 is 0. The number of anilines is 1. The zero-order chi connectivity index (χ0) is 21.2. The molecule has 2 aromatic carbocycles. The van der Waals surface area contributed by atoms with E-state index < -0.39 is 0 Å². The molecule has 2 aliphatic heterocycles. The van der Waals surface area contributed by atoms with E-state index in [2.05, 4.69) is 64.4 Å². The number of pyridine rings is 1. The summed E-state index contributed by atoms with van der Waals surface area (Å²) in [6.07, 6.45) is 2.04. The number of ether oxygens (including phenoxy) is 1. The molecule has 1 aromatic heterocycles. The Morgan fingerprint density at radius 3 is 2.84 bits per heavy atom. The molecule has 1 N–H and O–H groups in total. The molecule has 0 amide bonds. The van der Waals surface area contributed by atoms with Crippen molar-refractivity contribution in [3.8, 4) is 5.75 Å². The molecule has 6 heteroatoms. The summed E-state index contributed by atoms with van der Waals surface area (Å²) in [5, 5.41) is 4.64. The lowest BCUT2D eigenvalue weighted by atomic mass is 10.0. The van der Waals surface area contributed by atoms with Gasteiger partial charge in [0.1, 0.15) is 18.3 Å². The van der Waals surface area contributed by atoms with Crippen LogP contribution in [0.25, 0.3) is 10.9 Å². The van der Waals surface area contributed by atoms with Crippen LogP contribution in [-0.2, 0) is 6.54 Å². The van der Waals surface area contributed by atoms with Crippen molar-refractivity contribution in [1.29, 1.82) is 0 Å². The van der Waals surface area contributed by atoms with Crippen LogP contribution in [0.15, 0.2) is 70.8 Å². The minimum Gasteiger partial charge on any atom is -0.491 e. The van der Waals surface area contributed by atoms with Crippen LogP contribution in [0, 0.1) is 5.92 Å². The van der Waals surface area contributed by atoms with Gasteiger partial charge in [-0.15, -0.1) is 0 Å². The number of rotatable bonds is 5. The molecule has 3 aromatic rings. The summed E-state index contributed by atoms with van der Waals surface area (Å²) in [4.78, 5) is 16.4. The fourth-order valence-electron chi connectivity index (χ4n) is 4.26. The van der Waals surface area contributed by atoms with Crippen molar-refractivity contribution in [2.45, 2.75) is 26.5 Å². The number of hydrogen-bond acceptors (Lipinski definition) is 6. The second-order valence-corrected chi connectivity index (χ2v) is 8.37. The zero-order valence-corrected chi connectivity index (χ0v) is 18.0. The molecule has 0 spiro atoms. The number of aliphatic imine (C=N–C) groups is 2. The van der Waals surface area contributed by atoms with Crippen molar-refractivity contribution in [3.05, 3.63) is 66.4 Å². The standard InChI is InChI=1S/C25H27N5O/c1-17(2)31-24-10-6-4-8-19(24)13-30-14-21-23(15-30)27-16-28-25(21)29-20-11-18-7-3-5-9-22(18)26-12-20/h3-12,17,21H,13-16H2,1-2H3,(H,28,29). The molecule has 1 atom stereocenters. The molecule has 2 aliphatic rings. The highest BCUT2D eigenvalue weighted by atomic mass is 16.5. The Bertz CT molecular complexity index is 1150. The first-order chi connectivity index (χ1) is 15.2. The number of aromatic nitrogens is 1. The maximum Gasteiger partial charge on any atom is 0.131 e. The summed E-state index contributed by atoms with van der Waals surface area (Å²) in [6, 6.07) is 18.6. The number of fused-ring (bicyclic) bond motifs is 2. The summed E-state index contributed by atoms with van der Waals surface area (Å²) < 4.78 is 6.01. The van der Waals surface area contributed by atoms with E-state index in [1.54, 1.807) is 0 Å². The van der Waals surface area contributed by atoms with Crippen LogP contribution in [0.5, 0.6) is 5.75 Å². The van der Waals surface area contributed by atoms with Crippen LogP contribution in [0.1, 0.15) is 19.4 Å². The lowest BCUT2D eigenvalue weighted by Crippen LogP contribution is -2.32. The molecule has 0 aliphatic carbocycles. The van der Waals surface area contributed by atoms with Crippen molar-refractivity contribution >= 4 is 28.1 Å². The number of amidine groups is 1. The molecule has 1 fully saturated rings. The number of benzene rings is 2. The van der Waals surface area contributed by atoms with E-state index in [0.29, 0.717) is 6.67 Å². The van der Waals surface area contributed by atoms with Crippen molar-refractivity contribution < 1.29 is 4.74 Å². The molecule has 5 rings (SSSR count). The molecule has 158 valence electrons. The SMILES string of the molecule is CC(C)Oc1ccccc1CN1CC2=NCN=C(Nc3cnc4ccccc4c3)C2C1. The highest BCUT2D eigenvalue weighted by Gasteiger charge is 2.34. The number of hydrogen-bond donors (Lipinski definition) is 1. The van der Waals surface area contributed by atoms with Crippen molar-refractivity contribution in [2.75, 3.05) is 25.1 Å². The van der Waals surface area contributed by atoms with Gasteiger partial charge in [0.15, 0.2) is 0 Å². The van der Waals surface area contributed by atoms with E-state index in [-0.39, 0.29) is 12.0 Å². The zero-order valence-electron chi connectivity index (χ0n) is 18.0. The largest absolute Gasteiger partial charge is 0.491 e. The second kappa shape index (κ2) is 8.47. The molecule has 0 bridgehead atoms. The van der Waals surface area contributed by atoms with Crippen molar-refractivity contribution in [2.24, 2.45) is 15.9 Å².